The summed E-state index contributed by atoms with van der Waals surface area (Å²) in [6.07, 6.45) is 0.469. The summed E-state index contributed by atoms with van der Waals surface area (Å²) in [5, 5.41) is 7.02. The first-order valence-corrected chi connectivity index (χ1v) is 11.6. The van der Waals surface area contributed by atoms with Crippen molar-refractivity contribution in [3.63, 3.8) is 0 Å². The van der Waals surface area contributed by atoms with E-state index in [2.05, 4.69) is 10.4 Å². The second-order valence-corrected chi connectivity index (χ2v) is 8.04. The highest BCUT2D eigenvalue weighted by Crippen LogP contribution is 2.27. The largest absolute Gasteiger partial charge is 0.496 e. The average Bonchev–Trinajstić information content (AvgIpc) is 3.30. The Morgan fingerprint density at radius 2 is 1.68 bits per heavy atom. The number of aromatic nitrogens is 4. The Hall–Kier alpha value is -4.87. The van der Waals surface area contributed by atoms with Crippen LogP contribution in [0.25, 0.3) is 5.69 Å². The molecule has 0 atom stereocenters. The van der Waals surface area contributed by atoms with E-state index in [4.69, 9.17) is 9.47 Å². The number of nitrogens with zero attached hydrogens (tertiary/aromatic N) is 5. The number of para-hydroxylation sites is 1. The lowest BCUT2D eigenvalue weighted by atomic mass is 10.1. The van der Waals surface area contributed by atoms with Crippen molar-refractivity contribution in [2.75, 3.05) is 18.6 Å². The van der Waals surface area contributed by atoms with Crippen LogP contribution in [-0.4, -0.2) is 45.4 Å². The third-order valence-electron chi connectivity index (χ3n) is 5.52. The van der Waals surface area contributed by atoms with Gasteiger partial charge in [-0.25, -0.2) is 23.2 Å². The van der Waals surface area contributed by atoms with Gasteiger partial charge in [-0.15, -0.1) is 4.68 Å². The van der Waals surface area contributed by atoms with Crippen molar-refractivity contribution in [1.29, 1.82) is 0 Å². The summed E-state index contributed by atoms with van der Waals surface area (Å²) in [4.78, 5) is 40.3. The second-order valence-electron chi connectivity index (χ2n) is 8.04. The number of benzene rings is 3. The number of carbonyl (C=O) groups is 2. The summed E-state index contributed by atoms with van der Waals surface area (Å²) in [6.45, 7) is 1.94. The maximum atomic E-state index is 14.2. The number of hydrogen-bond acceptors (Lipinski definition) is 7. The average molecular weight is 523 g/mol. The van der Waals surface area contributed by atoms with Crippen molar-refractivity contribution in [3.8, 4) is 11.4 Å². The molecular formula is C26H23F2N5O5. The Balaban J connectivity index is 1.66. The minimum atomic E-state index is -1.17. The molecule has 196 valence electrons. The van der Waals surface area contributed by atoms with Crippen LogP contribution >= 0.6 is 0 Å². The van der Waals surface area contributed by atoms with Gasteiger partial charge in [-0.2, -0.15) is 4.68 Å². The van der Waals surface area contributed by atoms with Crippen molar-refractivity contribution >= 4 is 17.7 Å². The maximum Gasteiger partial charge on any atom is 0.377 e. The lowest BCUT2D eigenvalue weighted by Gasteiger charge is -2.22. The number of esters is 1. The predicted molar refractivity (Wildman–Crippen MR) is 133 cm³/mol. The van der Waals surface area contributed by atoms with Crippen LogP contribution in [0.2, 0.25) is 0 Å². The van der Waals surface area contributed by atoms with Crippen LogP contribution in [0.4, 0.5) is 19.3 Å². The molecule has 4 rings (SSSR count). The zero-order chi connectivity index (χ0) is 27.2. The van der Waals surface area contributed by atoms with Crippen molar-refractivity contribution < 1.29 is 27.8 Å². The van der Waals surface area contributed by atoms with Crippen LogP contribution in [0.3, 0.4) is 0 Å². The van der Waals surface area contributed by atoms with Gasteiger partial charge >= 0.3 is 17.7 Å². The van der Waals surface area contributed by atoms with Crippen LogP contribution in [0, 0.1) is 11.6 Å². The van der Waals surface area contributed by atoms with E-state index in [-0.39, 0.29) is 30.2 Å². The number of rotatable bonds is 8. The molecule has 0 N–H and O–H groups in total. The van der Waals surface area contributed by atoms with E-state index in [0.717, 1.165) is 23.8 Å². The molecule has 1 amide bonds. The van der Waals surface area contributed by atoms with Crippen molar-refractivity contribution in [2.24, 2.45) is 0 Å². The van der Waals surface area contributed by atoms with E-state index >= 15 is 0 Å². The third-order valence-corrected chi connectivity index (χ3v) is 5.52. The molecule has 0 unspecified atom stereocenters. The van der Waals surface area contributed by atoms with E-state index in [1.807, 2.05) is 18.2 Å². The van der Waals surface area contributed by atoms with Crippen LogP contribution in [0.15, 0.2) is 71.5 Å². The Labute approximate surface area is 215 Å². The number of methoxy groups -OCH3 is 1. The standard InChI is InChI=1S/C26H23F2N5O5/c1-3-14-31(25(35)33-26(36)32(29-30-33)23-20(27)10-7-11-21(23)28)18-12-13-22(37-2)19(15-18)24(34)38-16-17-8-5-4-6-9-17/h4-13,15H,3,14,16H2,1-2H3. The minimum Gasteiger partial charge on any atom is -0.496 e. The molecule has 12 heteroatoms. The quantitative estimate of drug-likeness (QED) is 0.254. The van der Waals surface area contributed by atoms with E-state index < -0.39 is 35.0 Å². The molecule has 0 aliphatic rings. The van der Waals surface area contributed by atoms with Gasteiger partial charge in [0.15, 0.2) is 11.6 Å². The normalized spacial score (nSPS) is 10.7. The highest BCUT2D eigenvalue weighted by Gasteiger charge is 2.26. The highest BCUT2D eigenvalue weighted by molar-refractivity contribution is 5.97. The van der Waals surface area contributed by atoms with Gasteiger partial charge in [-0.3, -0.25) is 4.90 Å². The van der Waals surface area contributed by atoms with E-state index in [0.29, 0.717) is 15.8 Å². The van der Waals surface area contributed by atoms with Crippen LogP contribution in [0.5, 0.6) is 5.75 Å². The van der Waals surface area contributed by atoms with E-state index in [9.17, 15) is 23.2 Å². The van der Waals surface area contributed by atoms with Gasteiger partial charge < -0.3 is 9.47 Å². The molecule has 0 aliphatic heterocycles. The third kappa shape index (κ3) is 5.28. The number of tetrazole rings is 1. The Bertz CT molecular complexity index is 1500. The molecule has 10 nitrogen and oxygen atoms in total. The topological polar surface area (TPSA) is 109 Å². The van der Waals surface area contributed by atoms with E-state index in [1.54, 1.807) is 19.1 Å². The monoisotopic (exact) mass is 523 g/mol. The molecule has 0 aliphatic carbocycles. The van der Waals surface area contributed by atoms with Crippen molar-refractivity contribution in [3.05, 3.63) is 100.0 Å². The first-order chi connectivity index (χ1) is 18.3. The fourth-order valence-corrected chi connectivity index (χ4v) is 3.70. The summed E-state index contributed by atoms with van der Waals surface area (Å²) in [7, 11) is 1.39. The smallest absolute Gasteiger partial charge is 0.377 e. The van der Waals surface area contributed by atoms with Crippen LogP contribution < -0.4 is 15.3 Å². The van der Waals surface area contributed by atoms with Gasteiger partial charge in [0.05, 0.1) is 7.11 Å². The van der Waals surface area contributed by atoms with Gasteiger partial charge in [-0.05, 0) is 52.7 Å². The van der Waals surface area contributed by atoms with Gasteiger partial charge in [0.1, 0.15) is 23.6 Å². The summed E-state index contributed by atoms with van der Waals surface area (Å²) >= 11 is 0. The molecule has 1 heterocycles. The molecular weight excluding hydrogens is 500 g/mol. The maximum absolute atomic E-state index is 14.2. The molecule has 38 heavy (non-hydrogen) atoms. The molecule has 0 fully saturated rings. The highest BCUT2D eigenvalue weighted by atomic mass is 19.1. The Morgan fingerprint density at radius 3 is 2.34 bits per heavy atom. The van der Waals surface area contributed by atoms with Crippen LogP contribution in [-0.2, 0) is 11.3 Å². The first-order valence-electron chi connectivity index (χ1n) is 11.6. The molecule has 0 spiro atoms. The van der Waals surface area contributed by atoms with E-state index in [1.165, 1.54) is 30.2 Å². The molecule has 0 saturated heterocycles. The van der Waals surface area contributed by atoms with Gasteiger partial charge in [0.25, 0.3) is 0 Å². The van der Waals surface area contributed by atoms with Crippen LogP contribution in [0.1, 0.15) is 29.3 Å². The summed E-state index contributed by atoms with van der Waals surface area (Å²) < 4.78 is 39.9. The predicted octanol–water partition coefficient (Wildman–Crippen LogP) is 3.96. The molecule has 0 bridgehead atoms. The fraction of sp³-hybridized carbons (Fsp3) is 0.192. The Kier molecular flexibility index (Phi) is 7.90. The molecule has 1 aromatic heterocycles. The lowest BCUT2D eigenvalue weighted by molar-refractivity contribution is 0.0469. The van der Waals surface area contributed by atoms with Gasteiger partial charge in [0, 0.05) is 12.2 Å². The number of ether oxygens (including phenoxy) is 2. The number of amides is 1. The van der Waals surface area contributed by atoms with Gasteiger partial charge in [-0.1, -0.05) is 43.3 Å². The zero-order valence-electron chi connectivity index (χ0n) is 20.5. The number of halogens is 2. The Morgan fingerprint density at radius 1 is 0.974 bits per heavy atom. The van der Waals surface area contributed by atoms with Crippen molar-refractivity contribution in [2.45, 2.75) is 20.0 Å². The second kappa shape index (κ2) is 11.5. The first kappa shape index (κ1) is 26.2. The molecule has 4 aromatic rings. The molecule has 0 radical (unpaired) electrons. The minimum absolute atomic E-state index is 0.0236. The summed E-state index contributed by atoms with van der Waals surface area (Å²) in [6, 6.07) is 15.6. The van der Waals surface area contributed by atoms with Gasteiger partial charge in [0.2, 0.25) is 0 Å². The zero-order valence-corrected chi connectivity index (χ0v) is 20.5. The SMILES string of the molecule is CCCN(C(=O)n1nnn(-c2c(F)cccc2F)c1=O)c1ccc(OC)c(C(=O)OCc2ccccc2)c1. The number of anilines is 1. The molecule has 0 saturated carbocycles. The lowest BCUT2D eigenvalue weighted by Crippen LogP contribution is -2.41. The number of hydrogen-bond donors (Lipinski definition) is 0. The fourth-order valence-electron chi connectivity index (χ4n) is 3.70. The summed E-state index contributed by atoms with van der Waals surface area (Å²) in [5.74, 6) is -2.57. The summed E-state index contributed by atoms with van der Waals surface area (Å²) in [5.41, 5.74) is -0.850. The van der Waals surface area contributed by atoms with Crippen molar-refractivity contribution in [1.82, 2.24) is 19.8 Å². The number of carbonyl (C=O) groups excluding carboxylic acids is 2. The molecule has 3 aromatic carbocycles.